The molecule has 0 heterocycles. The largest absolute Gasteiger partial charge is 1.00 e. The number of carbonyl (C=O) groups excluding carboxylic acids is 1. The van der Waals surface area contributed by atoms with Crippen molar-refractivity contribution in [1.82, 2.24) is 10.9 Å². The van der Waals surface area contributed by atoms with Crippen LogP contribution in [0.1, 0.15) is 17.9 Å². The van der Waals surface area contributed by atoms with Gasteiger partial charge in [-0.25, -0.2) is 8.42 Å². The van der Waals surface area contributed by atoms with Crippen molar-refractivity contribution in [3.05, 3.63) is 64.1 Å². The number of hydrogen-bond donors (Lipinski definition) is 2. The summed E-state index contributed by atoms with van der Waals surface area (Å²) in [5.74, 6) is -1.29. The van der Waals surface area contributed by atoms with Crippen molar-refractivity contribution in [3.8, 4) is 0 Å². The Kier molecular flexibility index (Phi) is 11.4. The summed E-state index contributed by atoms with van der Waals surface area (Å²) in [6.07, 6.45) is -0.0839. The van der Waals surface area contributed by atoms with Gasteiger partial charge in [-0.05, 0) is 46.3 Å². The summed E-state index contributed by atoms with van der Waals surface area (Å²) in [5.41, 5.74) is 5.40. The standard InChI is InChI=1S/C17H16Cl2N2O3S3.K/c18-13-3-1-11(2-4-13)12(9-16(22)20-21-17(25)26)10-27(23,24)15-7-5-14(19)6-8-15;/h1-8,12H,9-10H2,(H,20,22)(H2,21,25,26);/q;+1/p-1. The van der Waals surface area contributed by atoms with Crippen LogP contribution in [-0.2, 0) is 27.3 Å². The number of rotatable bonds is 6. The van der Waals surface area contributed by atoms with Gasteiger partial charge in [-0.15, -0.1) is 0 Å². The Morgan fingerprint density at radius 3 is 2.00 bits per heavy atom. The molecule has 1 amide bonds. The van der Waals surface area contributed by atoms with Crippen LogP contribution in [0.2, 0.25) is 10.0 Å². The van der Waals surface area contributed by atoms with E-state index in [0.29, 0.717) is 15.6 Å². The summed E-state index contributed by atoms with van der Waals surface area (Å²) in [4.78, 5) is 12.3. The molecule has 0 aromatic heterocycles. The number of sulfone groups is 1. The molecule has 1 unspecified atom stereocenters. The topological polar surface area (TPSA) is 75.3 Å². The van der Waals surface area contributed by atoms with Crippen LogP contribution in [0.25, 0.3) is 0 Å². The van der Waals surface area contributed by atoms with E-state index in [9.17, 15) is 13.2 Å². The van der Waals surface area contributed by atoms with Crippen LogP contribution in [0, 0.1) is 0 Å². The van der Waals surface area contributed by atoms with E-state index >= 15 is 0 Å². The van der Waals surface area contributed by atoms with Gasteiger partial charge < -0.3 is 30.3 Å². The number of thiocarbonyl (C=S) groups is 1. The average Bonchev–Trinajstić information content (AvgIpc) is 2.60. The zero-order chi connectivity index (χ0) is 20.0. The minimum atomic E-state index is -3.65. The van der Waals surface area contributed by atoms with Crippen molar-refractivity contribution in [2.75, 3.05) is 5.75 Å². The van der Waals surface area contributed by atoms with E-state index < -0.39 is 21.7 Å². The van der Waals surface area contributed by atoms with Gasteiger partial charge in [-0.2, -0.15) is 0 Å². The Balaban J connectivity index is 0.00000392. The summed E-state index contributed by atoms with van der Waals surface area (Å²) >= 11 is 21.1. The molecule has 0 radical (unpaired) electrons. The Morgan fingerprint density at radius 1 is 1.00 bits per heavy atom. The minimum Gasteiger partial charge on any atom is -0.410 e. The van der Waals surface area contributed by atoms with Crippen LogP contribution in [0.15, 0.2) is 53.4 Å². The molecule has 0 aliphatic carbocycles. The Bertz CT molecular complexity index is 924. The Labute approximate surface area is 227 Å². The molecule has 2 aromatic carbocycles. The fourth-order valence-electron chi connectivity index (χ4n) is 2.41. The van der Waals surface area contributed by atoms with Crippen LogP contribution in [0.5, 0.6) is 0 Å². The molecule has 0 aliphatic rings. The van der Waals surface area contributed by atoms with E-state index in [1.165, 1.54) is 24.3 Å². The molecule has 2 N–H and O–H groups in total. The monoisotopic (exact) mass is 500 g/mol. The maximum absolute atomic E-state index is 12.8. The molecule has 0 aliphatic heterocycles. The molecule has 5 nitrogen and oxygen atoms in total. The Hall–Kier alpha value is 0.186. The normalized spacial score (nSPS) is 11.8. The van der Waals surface area contributed by atoms with Gasteiger partial charge >= 0.3 is 51.4 Å². The number of carbonyl (C=O) groups is 1. The van der Waals surface area contributed by atoms with Crippen LogP contribution in [0.4, 0.5) is 0 Å². The van der Waals surface area contributed by atoms with Gasteiger partial charge in [0.2, 0.25) is 5.91 Å². The smallest absolute Gasteiger partial charge is 0.410 e. The van der Waals surface area contributed by atoms with Gasteiger partial charge in [0, 0.05) is 22.4 Å². The van der Waals surface area contributed by atoms with E-state index in [4.69, 9.17) is 23.2 Å². The van der Waals surface area contributed by atoms with E-state index in [0.717, 1.165) is 0 Å². The van der Waals surface area contributed by atoms with Crippen molar-refractivity contribution in [2.45, 2.75) is 17.2 Å². The fourth-order valence-corrected chi connectivity index (χ4v) is 4.34. The quantitative estimate of drug-likeness (QED) is 0.258. The van der Waals surface area contributed by atoms with Gasteiger partial charge in [0.05, 0.1) is 10.6 Å². The number of benzene rings is 2. The molecule has 2 rings (SSSR count). The maximum atomic E-state index is 12.8. The first-order chi connectivity index (χ1) is 12.7. The summed E-state index contributed by atoms with van der Waals surface area (Å²) in [7, 11) is -3.65. The molecular weight excluding hydrogens is 486 g/mol. The predicted octanol–water partition coefficient (Wildman–Crippen LogP) is 0.398. The van der Waals surface area contributed by atoms with Crippen LogP contribution in [0.3, 0.4) is 0 Å². The zero-order valence-electron chi connectivity index (χ0n) is 14.8. The molecule has 0 spiro atoms. The summed E-state index contributed by atoms with van der Waals surface area (Å²) in [6.45, 7) is 0. The van der Waals surface area contributed by atoms with Gasteiger partial charge in [0.15, 0.2) is 9.84 Å². The third-order valence-electron chi connectivity index (χ3n) is 3.67. The van der Waals surface area contributed by atoms with Gasteiger partial charge in [0.1, 0.15) is 0 Å². The minimum absolute atomic E-state index is 0. The van der Waals surface area contributed by atoms with E-state index in [2.05, 4.69) is 35.7 Å². The second-order valence-electron chi connectivity index (χ2n) is 5.65. The summed E-state index contributed by atoms with van der Waals surface area (Å²) in [5, 5.41) is 0.953. The molecule has 0 saturated carbocycles. The molecule has 144 valence electrons. The molecular formula is C17H15Cl2KN2O3S3. The first-order valence-corrected chi connectivity index (χ1v) is 10.9. The zero-order valence-corrected chi connectivity index (χ0v) is 21.9. The van der Waals surface area contributed by atoms with Crippen molar-refractivity contribution >= 4 is 68.1 Å². The third kappa shape index (κ3) is 8.51. The van der Waals surface area contributed by atoms with E-state index in [1.807, 2.05) is 0 Å². The first-order valence-electron chi connectivity index (χ1n) is 7.67. The second kappa shape index (κ2) is 12.1. The van der Waals surface area contributed by atoms with Gasteiger partial charge in [-0.1, -0.05) is 35.3 Å². The number of halogens is 2. The first kappa shape index (κ1) is 26.2. The summed E-state index contributed by atoms with van der Waals surface area (Å²) in [6, 6.07) is 12.6. The molecule has 2 aromatic rings. The van der Waals surface area contributed by atoms with Crippen LogP contribution in [-0.4, -0.2) is 24.4 Å². The van der Waals surface area contributed by atoms with Gasteiger partial charge in [0.25, 0.3) is 0 Å². The molecule has 11 heteroatoms. The van der Waals surface area contributed by atoms with Crippen LogP contribution < -0.4 is 62.2 Å². The van der Waals surface area contributed by atoms with Crippen LogP contribution >= 0.6 is 35.4 Å². The Morgan fingerprint density at radius 2 is 1.50 bits per heavy atom. The van der Waals surface area contributed by atoms with Crippen molar-refractivity contribution < 1.29 is 64.6 Å². The van der Waals surface area contributed by atoms with Crippen molar-refractivity contribution in [2.24, 2.45) is 0 Å². The second-order valence-corrected chi connectivity index (χ2v) is 9.63. The van der Waals surface area contributed by atoms with E-state index in [-0.39, 0.29) is 72.8 Å². The number of nitrogens with one attached hydrogen (secondary N) is 2. The van der Waals surface area contributed by atoms with Gasteiger partial charge in [-0.3, -0.25) is 10.2 Å². The SMILES string of the molecule is O=C(CC(CS(=O)(=O)c1ccc(Cl)cc1)c1ccc(Cl)cc1)NNC(=S)[S-].[K+]. The molecule has 0 saturated heterocycles. The predicted molar refractivity (Wildman–Crippen MR) is 114 cm³/mol. The molecule has 0 bridgehead atoms. The average molecular weight is 502 g/mol. The number of hydrazine groups is 1. The van der Waals surface area contributed by atoms with Crippen molar-refractivity contribution in [3.63, 3.8) is 0 Å². The summed E-state index contributed by atoms with van der Waals surface area (Å²) < 4.78 is 25.6. The third-order valence-corrected chi connectivity index (χ3v) is 6.21. The molecule has 1 atom stereocenters. The number of hydrogen-bond acceptors (Lipinski definition) is 5. The maximum Gasteiger partial charge on any atom is 1.00 e. The fraction of sp³-hybridized carbons (Fsp3) is 0.176. The molecule has 0 fully saturated rings. The molecule has 28 heavy (non-hydrogen) atoms. The van der Waals surface area contributed by atoms with E-state index in [1.54, 1.807) is 24.3 Å². The van der Waals surface area contributed by atoms with Crippen molar-refractivity contribution in [1.29, 1.82) is 0 Å². The number of amides is 1.